The van der Waals surface area contributed by atoms with Crippen LogP contribution in [0.4, 0.5) is 0 Å². The minimum Gasteiger partial charge on any atom is -0.290 e. The Kier molecular flexibility index (Phi) is 4.37. The Morgan fingerprint density at radius 3 is 1.90 bits per heavy atom. The van der Waals surface area contributed by atoms with Crippen LogP contribution in [0.5, 0.6) is 0 Å². The van der Waals surface area contributed by atoms with E-state index in [1.807, 2.05) is 0 Å². The van der Waals surface area contributed by atoms with Crippen molar-refractivity contribution in [2.24, 2.45) is 0 Å². The van der Waals surface area contributed by atoms with Crippen molar-refractivity contribution in [1.82, 2.24) is 9.80 Å². The molecule has 0 atom stereocenters. The van der Waals surface area contributed by atoms with E-state index in [2.05, 4.69) is 84.6 Å². The number of hydrogen-bond donors (Lipinski definition) is 0. The van der Waals surface area contributed by atoms with Crippen molar-refractivity contribution in [3.8, 4) is 0 Å². The topological polar surface area (TPSA) is 6.48 Å². The van der Waals surface area contributed by atoms with Gasteiger partial charge in [0.2, 0.25) is 0 Å². The van der Waals surface area contributed by atoms with Crippen LogP contribution in [0, 0.1) is 0 Å². The first kappa shape index (κ1) is 14.3. The molecule has 2 aromatic carbocycles. The van der Waals surface area contributed by atoms with Crippen LogP contribution >= 0.6 is 0 Å². The minimum absolute atomic E-state index is 0.493. The van der Waals surface area contributed by atoms with E-state index in [0.717, 1.165) is 19.5 Å². The monoisotopic (exact) mass is 280 g/mol. The molecule has 110 valence electrons. The van der Waals surface area contributed by atoms with Crippen LogP contribution in [-0.2, 0) is 6.42 Å². The van der Waals surface area contributed by atoms with Gasteiger partial charge in [-0.25, -0.2) is 0 Å². The van der Waals surface area contributed by atoms with Gasteiger partial charge in [0.25, 0.3) is 0 Å². The Labute approximate surface area is 128 Å². The third-order valence-corrected chi connectivity index (χ3v) is 4.57. The van der Waals surface area contributed by atoms with Gasteiger partial charge in [-0.3, -0.25) is 9.80 Å². The summed E-state index contributed by atoms with van der Waals surface area (Å²) >= 11 is 0. The summed E-state index contributed by atoms with van der Waals surface area (Å²) in [7, 11) is 4.50. The first-order chi connectivity index (χ1) is 10.2. The summed E-state index contributed by atoms with van der Waals surface area (Å²) in [5.41, 5.74) is 2.87. The Bertz CT molecular complexity index is 540. The summed E-state index contributed by atoms with van der Waals surface area (Å²) in [4.78, 5) is 4.99. The maximum atomic E-state index is 2.49. The lowest BCUT2D eigenvalue weighted by molar-refractivity contribution is 0.0299. The molecule has 1 aliphatic heterocycles. The SMILES string of the molecule is CN1CC(c2ccccc2)CN(C)C1Cc1ccccc1. The second-order valence-electron chi connectivity index (χ2n) is 6.16. The van der Waals surface area contributed by atoms with E-state index in [9.17, 15) is 0 Å². The van der Waals surface area contributed by atoms with Gasteiger partial charge in [-0.2, -0.15) is 0 Å². The Balaban J connectivity index is 1.70. The average Bonchev–Trinajstić information content (AvgIpc) is 2.52. The maximum Gasteiger partial charge on any atom is 0.0659 e. The quantitative estimate of drug-likeness (QED) is 0.852. The van der Waals surface area contributed by atoms with Crippen LogP contribution in [0.2, 0.25) is 0 Å². The molecule has 0 unspecified atom stereocenters. The minimum atomic E-state index is 0.493. The van der Waals surface area contributed by atoms with Crippen LogP contribution in [0.1, 0.15) is 17.0 Å². The molecular weight excluding hydrogens is 256 g/mol. The maximum absolute atomic E-state index is 2.49. The van der Waals surface area contributed by atoms with E-state index in [1.54, 1.807) is 0 Å². The van der Waals surface area contributed by atoms with Gasteiger partial charge < -0.3 is 0 Å². The first-order valence-electron chi connectivity index (χ1n) is 7.73. The Morgan fingerprint density at radius 1 is 0.810 bits per heavy atom. The molecule has 21 heavy (non-hydrogen) atoms. The van der Waals surface area contributed by atoms with Crippen molar-refractivity contribution < 1.29 is 0 Å². The third kappa shape index (κ3) is 3.34. The van der Waals surface area contributed by atoms with Crippen molar-refractivity contribution in [1.29, 1.82) is 0 Å². The van der Waals surface area contributed by atoms with Crippen LogP contribution in [-0.4, -0.2) is 43.2 Å². The van der Waals surface area contributed by atoms with Gasteiger partial charge in [-0.15, -0.1) is 0 Å². The third-order valence-electron chi connectivity index (χ3n) is 4.57. The van der Waals surface area contributed by atoms with Crippen LogP contribution in [0.25, 0.3) is 0 Å². The number of likely N-dealkylation sites (N-methyl/N-ethyl adjacent to an activating group) is 2. The summed E-state index contributed by atoms with van der Waals surface area (Å²) in [5.74, 6) is 0.605. The van der Waals surface area contributed by atoms with Crippen molar-refractivity contribution in [2.45, 2.75) is 18.5 Å². The predicted molar refractivity (Wildman–Crippen MR) is 88.4 cm³/mol. The average molecular weight is 280 g/mol. The first-order valence-corrected chi connectivity index (χ1v) is 7.73. The molecular formula is C19H24N2. The fourth-order valence-electron chi connectivity index (χ4n) is 3.41. The second kappa shape index (κ2) is 6.42. The lowest BCUT2D eigenvalue weighted by Crippen LogP contribution is -2.54. The molecule has 1 fully saturated rings. The molecule has 1 heterocycles. The van der Waals surface area contributed by atoms with Gasteiger partial charge in [0, 0.05) is 25.4 Å². The number of nitrogens with zero attached hydrogens (tertiary/aromatic N) is 2. The van der Waals surface area contributed by atoms with E-state index >= 15 is 0 Å². The summed E-state index contributed by atoms with van der Waals surface area (Å²) in [6.07, 6.45) is 1.59. The standard InChI is InChI=1S/C19H24N2/c1-20-14-18(17-11-7-4-8-12-17)15-21(2)19(20)13-16-9-5-3-6-10-16/h3-12,18-19H,13-15H2,1-2H3. The second-order valence-corrected chi connectivity index (χ2v) is 6.16. The van der Waals surface area contributed by atoms with Crippen molar-refractivity contribution in [3.63, 3.8) is 0 Å². The number of rotatable bonds is 3. The zero-order chi connectivity index (χ0) is 14.7. The lowest BCUT2D eigenvalue weighted by atomic mass is 9.94. The highest BCUT2D eigenvalue weighted by Gasteiger charge is 2.30. The molecule has 0 aliphatic carbocycles. The number of hydrogen-bond acceptors (Lipinski definition) is 2. The van der Waals surface area contributed by atoms with Crippen LogP contribution in [0.3, 0.4) is 0 Å². The van der Waals surface area contributed by atoms with E-state index in [1.165, 1.54) is 11.1 Å². The van der Waals surface area contributed by atoms with E-state index in [0.29, 0.717) is 12.1 Å². The van der Waals surface area contributed by atoms with Gasteiger partial charge in [0.05, 0.1) is 6.17 Å². The summed E-state index contributed by atoms with van der Waals surface area (Å²) in [6.45, 7) is 2.26. The molecule has 2 aromatic rings. The molecule has 1 saturated heterocycles. The van der Waals surface area contributed by atoms with Crippen molar-refractivity contribution in [2.75, 3.05) is 27.2 Å². The fourth-order valence-corrected chi connectivity index (χ4v) is 3.41. The molecule has 0 bridgehead atoms. The van der Waals surface area contributed by atoms with Gasteiger partial charge >= 0.3 is 0 Å². The Hall–Kier alpha value is -1.64. The Morgan fingerprint density at radius 2 is 1.33 bits per heavy atom. The van der Waals surface area contributed by atoms with Gasteiger partial charge in [-0.1, -0.05) is 60.7 Å². The van der Waals surface area contributed by atoms with Crippen molar-refractivity contribution >= 4 is 0 Å². The van der Waals surface area contributed by atoms with E-state index in [4.69, 9.17) is 0 Å². The molecule has 1 aliphatic rings. The van der Waals surface area contributed by atoms with E-state index in [-0.39, 0.29) is 0 Å². The molecule has 3 rings (SSSR count). The molecule has 0 N–H and O–H groups in total. The van der Waals surface area contributed by atoms with Crippen LogP contribution < -0.4 is 0 Å². The lowest BCUT2D eigenvalue weighted by Gasteiger charge is -2.44. The highest BCUT2D eigenvalue weighted by molar-refractivity contribution is 5.22. The van der Waals surface area contributed by atoms with Gasteiger partial charge in [-0.05, 0) is 25.2 Å². The summed E-state index contributed by atoms with van der Waals surface area (Å²) < 4.78 is 0. The molecule has 0 radical (unpaired) electrons. The largest absolute Gasteiger partial charge is 0.290 e. The normalized spacial score (nSPS) is 24.1. The van der Waals surface area contributed by atoms with Gasteiger partial charge in [0.15, 0.2) is 0 Å². The molecule has 0 amide bonds. The molecule has 0 aromatic heterocycles. The molecule has 2 nitrogen and oxygen atoms in total. The molecule has 2 heteroatoms. The highest BCUT2D eigenvalue weighted by Crippen LogP contribution is 2.26. The molecule has 0 saturated carbocycles. The number of benzene rings is 2. The van der Waals surface area contributed by atoms with Crippen molar-refractivity contribution in [3.05, 3.63) is 71.8 Å². The molecule has 0 spiro atoms. The van der Waals surface area contributed by atoms with Crippen LogP contribution in [0.15, 0.2) is 60.7 Å². The fraction of sp³-hybridized carbons (Fsp3) is 0.368. The highest BCUT2D eigenvalue weighted by atomic mass is 15.4. The van der Waals surface area contributed by atoms with E-state index < -0.39 is 0 Å². The van der Waals surface area contributed by atoms with Gasteiger partial charge in [0.1, 0.15) is 0 Å². The summed E-state index contributed by atoms with van der Waals surface area (Å²) in [5, 5.41) is 0. The summed E-state index contributed by atoms with van der Waals surface area (Å²) in [6, 6.07) is 21.7. The predicted octanol–water partition coefficient (Wildman–Crippen LogP) is 3.22. The smallest absolute Gasteiger partial charge is 0.0659 e. The zero-order valence-electron chi connectivity index (χ0n) is 12.9. The zero-order valence-corrected chi connectivity index (χ0v) is 12.9.